The van der Waals surface area contributed by atoms with Crippen molar-refractivity contribution in [2.75, 3.05) is 7.05 Å². The minimum absolute atomic E-state index is 0.254. The van der Waals surface area contributed by atoms with Gasteiger partial charge in [0.1, 0.15) is 5.82 Å². The maximum atomic E-state index is 13.1. The van der Waals surface area contributed by atoms with Gasteiger partial charge in [0.15, 0.2) is 0 Å². The smallest absolute Gasteiger partial charge is 0.205 e. The Hall–Kier alpha value is -2.47. The first-order chi connectivity index (χ1) is 10.3. The van der Waals surface area contributed by atoms with Crippen molar-refractivity contribution in [1.29, 1.82) is 0 Å². The summed E-state index contributed by atoms with van der Waals surface area (Å²) in [5.74, 6) is -0.254. The Balaban J connectivity index is 2.06. The second-order valence-corrected chi connectivity index (χ2v) is 5.15. The van der Waals surface area contributed by atoms with Crippen LogP contribution in [0, 0.1) is 5.82 Å². The van der Waals surface area contributed by atoms with Gasteiger partial charge in [0, 0.05) is 24.2 Å². The van der Waals surface area contributed by atoms with Crippen molar-refractivity contribution in [1.82, 2.24) is 9.66 Å². The fourth-order valence-electron chi connectivity index (χ4n) is 1.93. The number of halogens is 1. The van der Waals surface area contributed by atoms with Gasteiger partial charge in [0.25, 0.3) is 0 Å². The Morgan fingerprint density at radius 1 is 1.24 bits per heavy atom. The Bertz CT molecular complexity index is 810. The van der Waals surface area contributed by atoms with E-state index in [1.165, 1.54) is 23.5 Å². The van der Waals surface area contributed by atoms with E-state index in [2.05, 4.69) is 15.1 Å². The minimum Gasteiger partial charge on any atom is -0.360 e. The Labute approximate surface area is 124 Å². The predicted molar refractivity (Wildman–Crippen MR) is 83.0 cm³/mol. The fraction of sp³-hybridized carbons (Fsp3) is 0.0667. The second kappa shape index (κ2) is 5.88. The van der Waals surface area contributed by atoms with Crippen LogP contribution in [0.3, 0.4) is 0 Å². The average Bonchev–Trinajstić information content (AvgIpc) is 3.15. The molecule has 0 radical (unpaired) electrons. The normalized spacial score (nSPS) is 12.4. The molecule has 0 aliphatic carbocycles. The summed E-state index contributed by atoms with van der Waals surface area (Å²) >= 11 is 1.49. The lowest BCUT2D eigenvalue weighted by molar-refractivity contribution is 0.628. The van der Waals surface area contributed by atoms with E-state index in [9.17, 15) is 4.39 Å². The fourth-order valence-corrected chi connectivity index (χ4v) is 2.73. The van der Waals surface area contributed by atoms with E-state index in [1.807, 2.05) is 23.7 Å². The van der Waals surface area contributed by atoms with Gasteiger partial charge < -0.3 is 4.98 Å². The molecule has 1 N–H and O–H groups in total. The van der Waals surface area contributed by atoms with Crippen molar-refractivity contribution in [3.05, 3.63) is 64.3 Å². The van der Waals surface area contributed by atoms with E-state index in [4.69, 9.17) is 0 Å². The topological polar surface area (TPSA) is 45.4 Å². The van der Waals surface area contributed by atoms with E-state index in [0.717, 1.165) is 21.8 Å². The first kappa shape index (κ1) is 13.5. The number of hydrogen-bond donors (Lipinski definition) is 1. The number of H-pyrrole nitrogens is 1. The Kier molecular flexibility index (Phi) is 3.79. The highest BCUT2D eigenvalue weighted by molar-refractivity contribution is 7.07. The molecule has 0 atom stereocenters. The first-order valence-corrected chi connectivity index (χ1v) is 7.23. The van der Waals surface area contributed by atoms with Gasteiger partial charge in [-0.1, -0.05) is 0 Å². The molecule has 0 aliphatic rings. The van der Waals surface area contributed by atoms with Gasteiger partial charge in [-0.2, -0.15) is 5.10 Å². The molecule has 4 nitrogen and oxygen atoms in total. The molecule has 1 aromatic carbocycles. The molecule has 6 heteroatoms. The van der Waals surface area contributed by atoms with Crippen LogP contribution < -0.4 is 4.80 Å². The van der Waals surface area contributed by atoms with Crippen LogP contribution in [0.1, 0.15) is 5.69 Å². The molecule has 0 spiro atoms. The SMILES string of the molecule is CN=c1scc(-c2ccc(F)cc2)n1N=Cc1ccc[nH]1. The zero-order valence-electron chi connectivity index (χ0n) is 11.3. The molecular weight excluding hydrogens is 287 g/mol. The number of rotatable bonds is 3. The van der Waals surface area contributed by atoms with Crippen LogP contribution in [-0.2, 0) is 0 Å². The summed E-state index contributed by atoms with van der Waals surface area (Å²) in [5, 5.41) is 6.42. The molecule has 21 heavy (non-hydrogen) atoms. The summed E-state index contributed by atoms with van der Waals surface area (Å²) in [6.07, 6.45) is 3.57. The molecule has 0 aliphatic heterocycles. The average molecular weight is 300 g/mol. The van der Waals surface area contributed by atoms with E-state index >= 15 is 0 Å². The highest BCUT2D eigenvalue weighted by Gasteiger charge is 2.07. The third-order valence-electron chi connectivity index (χ3n) is 2.95. The van der Waals surface area contributed by atoms with Crippen molar-refractivity contribution in [2.45, 2.75) is 0 Å². The number of hydrogen-bond acceptors (Lipinski definition) is 3. The van der Waals surface area contributed by atoms with Gasteiger partial charge in [-0.15, -0.1) is 11.3 Å². The van der Waals surface area contributed by atoms with Crippen molar-refractivity contribution in [3.8, 4) is 11.3 Å². The standard InChI is InChI=1S/C15H13FN4S/c1-17-15-20(19-9-13-3-2-8-18-13)14(10-21-15)11-4-6-12(16)7-5-11/h2-10,18H,1H3. The third-order valence-corrected chi connectivity index (χ3v) is 3.86. The van der Waals surface area contributed by atoms with E-state index in [1.54, 1.807) is 30.1 Å². The molecule has 3 aromatic rings. The molecular formula is C15H13FN4S. The van der Waals surface area contributed by atoms with Crippen molar-refractivity contribution in [2.24, 2.45) is 10.1 Å². The number of thiazole rings is 1. The summed E-state index contributed by atoms with van der Waals surface area (Å²) < 4.78 is 14.8. The van der Waals surface area contributed by atoms with Crippen LogP contribution in [0.15, 0.2) is 58.1 Å². The van der Waals surface area contributed by atoms with Crippen molar-refractivity contribution < 1.29 is 4.39 Å². The van der Waals surface area contributed by atoms with Crippen LogP contribution in [0.5, 0.6) is 0 Å². The lowest BCUT2D eigenvalue weighted by Gasteiger charge is -2.03. The monoisotopic (exact) mass is 300 g/mol. The van der Waals surface area contributed by atoms with Crippen LogP contribution in [0.2, 0.25) is 0 Å². The zero-order chi connectivity index (χ0) is 14.7. The highest BCUT2D eigenvalue weighted by Crippen LogP contribution is 2.20. The summed E-state index contributed by atoms with van der Waals surface area (Å²) in [6, 6.07) is 10.2. The van der Waals surface area contributed by atoms with Crippen LogP contribution in [-0.4, -0.2) is 22.9 Å². The molecule has 3 rings (SSSR count). The minimum atomic E-state index is -0.254. The van der Waals surface area contributed by atoms with E-state index < -0.39 is 0 Å². The van der Waals surface area contributed by atoms with Crippen LogP contribution in [0.4, 0.5) is 4.39 Å². The molecule has 0 bridgehead atoms. The van der Waals surface area contributed by atoms with Gasteiger partial charge in [-0.05, 0) is 36.4 Å². The van der Waals surface area contributed by atoms with Gasteiger partial charge in [-0.3, -0.25) is 4.99 Å². The van der Waals surface area contributed by atoms with E-state index in [-0.39, 0.29) is 5.82 Å². The molecule has 0 fully saturated rings. The maximum absolute atomic E-state index is 13.1. The number of aromatic amines is 1. The van der Waals surface area contributed by atoms with E-state index in [0.29, 0.717) is 0 Å². The summed E-state index contributed by atoms with van der Waals surface area (Å²) in [4.78, 5) is 8.06. The molecule has 0 unspecified atom stereocenters. The number of nitrogens with one attached hydrogen (secondary N) is 1. The molecule has 0 saturated carbocycles. The maximum Gasteiger partial charge on any atom is 0.205 e. The molecule has 2 aromatic heterocycles. The third kappa shape index (κ3) is 2.85. The quantitative estimate of drug-likeness (QED) is 0.723. The highest BCUT2D eigenvalue weighted by atomic mass is 32.1. The molecule has 0 saturated heterocycles. The Morgan fingerprint density at radius 3 is 2.71 bits per heavy atom. The molecule has 2 heterocycles. The lowest BCUT2D eigenvalue weighted by Crippen LogP contribution is -2.11. The number of aromatic nitrogens is 2. The predicted octanol–water partition coefficient (Wildman–Crippen LogP) is 3.10. The number of benzene rings is 1. The number of nitrogens with zero attached hydrogens (tertiary/aromatic N) is 3. The van der Waals surface area contributed by atoms with Crippen molar-refractivity contribution >= 4 is 17.6 Å². The first-order valence-electron chi connectivity index (χ1n) is 6.35. The molecule has 106 valence electrons. The van der Waals surface area contributed by atoms with Crippen LogP contribution >= 0.6 is 11.3 Å². The zero-order valence-corrected chi connectivity index (χ0v) is 12.1. The van der Waals surface area contributed by atoms with Crippen LogP contribution in [0.25, 0.3) is 11.3 Å². The van der Waals surface area contributed by atoms with Gasteiger partial charge in [0.05, 0.1) is 17.6 Å². The second-order valence-electron chi connectivity index (χ2n) is 4.32. The molecule has 0 amide bonds. The Morgan fingerprint density at radius 2 is 2.05 bits per heavy atom. The lowest BCUT2D eigenvalue weighted by atomic mass is 10.2. The van der Waals surface area contributed by atoms with Gasteiger partial charge in [0.2, 0.25) is 4.80 Å². The summed E-state index contributed by atoms with van der Waals surface area (Å²) in [7, 11) is 1.72. The van der Waals surface area contributed by atoms with Gasteiger partial charge >= 0.3 is 0 Å². The van der Waals surface area contributed by atoms with Gasteiger partial charge in [-0.25, -0.2) is 9.07 Å². The summed E-state index contributed by atoms with van der Waals surface area (Å²) in [5.41, 5.74) is 2.68. The summed E-state index contributed by atoms with van der Waals surface area (Å²) in [6.45, 7) is 0. The van der Waals surface area contributed by atoms with Crippen molar-refractivity contribution in [3.63, 3.8) is 0 Å². The largest absolute Gasteiger partial charge is 0.360 e.